The summed E-state index contributed by atoms with van der Waals surface area (Å²) in [5, 5.41) is 8.54. The van der Waals surface area contributed by atoms with E-state index in [1.165, 1.54) is 0 Å². The molecule has 0 atom stereocenters. The first kappa shape index (κ1) is 10.4. The van der Waals surface area contributed by atoms with Gasteiger partial charge in [-0.2, -0.15) is 5.26 Å². The Kier molecular flexibility index (Phi) is 3.17. The van der Waals surface area contributed by atoms with E-state index >= 15 is 0 Å². The Bertz CT molecular complexity index is 375. The lowest BCUT2D eigenvalue weighted by Gasteiger charge is -2.03. The molecule has 2 nitrogen and oxygen atoms in total. The van der Waals surface area contributed by atoms with Crippen molar-refractivity contribution in [1.29, 1.82) is 5.26 Å². The second kappa shape index (κ2) is 3.99. The minimum absolute atomic E-state index is 0.0642. The predicted octanol–water partition coefficient (Wildman–Crippen LogP) is 3.31. The Balaban J connectivity index is 3.35. The Morgan fingerprint density at radius 1 is 1.62 bits per heavy atom. The quantitative estimate of drug-likeness (QED) is 0.732. The second-order valence-corrected chi connectivity index (χ2v) is 3.27. The molecule has 0 aromatic carbocycles. The third-order valence-electron chi connectivity index (χ3n) is 1.30. The van der Waals surface area contributed by atoms with Gasteiger partial charge in [-0.1, -0.05) is 11.6 Å². The van der Waals surface area contributed by atoms with Crippen LogP contribution in [0, 0.1) is 11.3 Å². The molecule has 0 saturated carbocycles. The van der Waals surface area contributed by atoms with Crippen LogP contribution in [0.15, 0.2) is 10.7 Å². The second-order valence-electron chi connectivity index (χ2n) is 2.11. The maximum absolute atomic E-state index is 12.3. The summed E-state index contributed by atoms with van der Waals surface area (Å²) in [5.74, 6) is 0. The van der Waals surface area contributed by atoms with Gasteiger partial charge in [0.1, 0.15) is 10.7 Å². The number of pyridine rings is 1. The third kappa shape index (κ3) is 2.14. The van der Waals surface area contributed by atoms with Crippen LogP contribution in [0.4, 0.5) is 8.78 Å². The van der Waals surface area contributed by atoms with Gasteiger partial charge in [-0.25, -0.2) is 13.8 Å². The van der Waals surface area contributed by atoms with Crippen molar-refractivity contribution in [2.24, 2.45) is 0 Å². The van der Waals surface area contributed by atoms with Crippen molar-refractivity contribution in [2.75, 3.05) is 0 Å². The molecule has 0 N–H and O–H groups in total. The molecule has 0 amide bonds. The van der Waals surface area contributed by atoms with Gasteiger partial charge in [-0.3, -0.25) is 0 Å². The van der Waals surface area contributed by atoms with Crippen LogP contribution in [0.25, 0.3) is 0 Å². The standard InChI is InChI=1S/C7H2BrClF2N2/c8-6-4(9)1-3(7(10)11)5(2-12)13-6/h1,7H. The van der Waals surface area contributed by atoms with E-state index in [0.717, 1.165) is 6.07 Å². The summed E-state index contributed by atoms with van der Waals surface area (Å²) in [6.07, 6.45) is -2.74. The number of nitriles is 1. The van der Waals surface area contributed by atoms with Crippen molar-refractivity contribution >= 4 is 27.5 Å². The average Bonchev–Trinajstić information content (AvgIpc) is 2.08. The lowest BCUT2D eigenvalue weighted by atomic mass is 10.2. The van der Waals surface area contributed by atoms with Crippen molar-refractivity contribution in [3.05, 3.63) is 26.9 Å². The van der Waals surface area contributed by atoms with E-state index in [1.54, 1.807) is 6.07 Å². The summed E-state index contributed by atoms with van der Waals surface area (Å²) < 4.78 is 24.7. The first-order chi connectivity index (χ1) is 6.06. The highest BCUT2D eigenvalue weighted by Gasteiger charge is 2.16. The van der Waals surface area contributed by atoms with Gasteiger partial charge in [0.15, 0.2) is 5.69 Å². The first-order valence-corrected chi connectivity index (χ1v) is 4.27. The highest BCUT2D eigenvalue weighted by atomic mass is 79.9. The van der Waals surface area contributed by atoms with Gasteiger partial charge in [0, 0.05) is 0 Å². The van der Waals surface area contributed by atoms with Crippen molar-refractivity contribution < 1.29 is 8.78 Å². The maximum Gasteiger partial charge on any atom is 0.266 e. The monoisotopic (exact) mass is 266 g/mol. The summed E-state index contributed by atoms with van der Waals surface area (Å²) in [6.45, 7) is 0. The van der Waals surface area contributed by atoms with Gasteiger partial charge >= 0.3 is 0 Å². The van der Waals surface area contributed by atoms with Crippen LogP contribution in [-0.4, -0.2) is 4.98 Å². The zero-order chi connectivity index (χ0) is 10.0. The molecule has 1 aromatic heterocycles. The number of hydrogen-bond acceptors (Lipinski definition) is 2. The molecule has 6 heteroatoms. The molecule has 0 spiro atoms. The molecule has 68 valence electrons. The fourth-order valence-electron chi connectivity index (χ4n) is 0.736. The Hall–Kier alpha value is -0.730. The lowest BCUT2D eigenvalue weighted by Crippen LogP contribution is -1.95. The molecule has 0 aliphatic carbocycles. The zero-order valence-corrected chi connectivity index (χ0v) is 8.40. The van der Waals surface area contributed by atoms with Crippen LogP contribution in [0.2, 0.25) is 5.02 Å². The molecule has 0 aliphatic heterocycles. The van der Waals surface area contributed by atoms with Crippen LogP contribution < -0.4 is 0 Å². The summed E-state index contributed by atoms with van der Waals surface area (Å²) in [5.41, 5.74) is -0.762. The van der Waals surface area contributed by atoms with Crippen molar-refractivity contribution in [3.63, 3.8) is 0 Å². The Morgan fingerprint density at radius 3 is 2.69 bits per heavy atom. The van der Waals surface area contributed by atoms with Crippen LogP contribution in [0.1, 0.15) is 17.7 Å². The SMILES string of the molecule is N#Cc1nc(Br)c(Cl)cc1C(F)F. The average molecular weight is 267 g/mol. The van der Waals surface area contributed by atoms with Crippen LogP contribution in [-0.2, 0) is 0 Å². The highest BCUT2D eigenvalue weighted by Crippen LogP contribution is 2.28. The molecular weight excluding hydrogens is 265 g/mol. The normalized spacial score (nSPS) is 10.2. The van der Waals surface area contributed by atoms with Gasteiger partial charge in [0.05, 0.1) is 10.6 Å². The maximum atomic E-state index is 12.3. The Labute approximate surface area is 86.3 Å². The molecule has 0 aliphatic rings. The smallest absolute Gasteiger partial charge is 0.228 e. The van der Waals surface area contributed by atoms with Crippen LogP contribution in [0.5, 0.6) is 0 Å². The van der Waals surface area contributed by atoms with E-state index in [0.29, 0.717) is 0 Å². The summed E-state index contributed by atoms with van der Waals surface area (Å²) in [6, 6.07) is 2.59. The van der Waals surface area contributed by atoms with Gasteiger partial charge in [0.25, 0.3) is 6.43 Å². The van der Waals surface area contributed by atoms with E-state index in [1.807, 2.05) is 0 Å². The fourth-order valence-corrected chi connectivity index (χ4v) is 1.19. The molecule has 13 heavy (non-hydrogen) atoms. The molecule has 1 rings (SSSR count). The van der Waals surface area contributed by atoms with Crippen molar-refractivity contribution in [3.8, 4) is 6.07 Å². The number of nitrogens with zero attached hydrogens (tertiary/aromatic N) is 2. The molecule has 0 bridgehead atoms. The van der Waals surface area contributed by atoms with Crippen LogP contribution in [0.3, 0.4) is 0 Å². The van der Waals surface area contributed by atoms with Gasteiger partial charge in [0.2, 0.25) is 0 Å². The summed E-state index contributed by atoms with van der Waals surface area (Å²) in [4.78, 5) is 3.56. The lowest BCUT2D eigenvalue weighted by molar-refractivity contribution is 0.150. The van der Waals surface area contributed by atoms with E-state index in [2.05, 4.69) is 20.9 Å². The molecule has 0 unspecified atom stereocenters. The largest absolute Gasteiger partial charge is 0.266 e. The summed E-state index contributed by atoms with van der Waals surface area (Å²) in [7, 11) is 0. The topological polar surface area (TPSA) is 36.7 Å². The Morgan fingerprint density at radius 2 is 2.23 bits per heavy atom. The minimum atomic E-state index is -2.74. The number of hydrogen-bond donors (Lipinski definition) is 0. The van der Waals surface area contributed by atoms with E-state index in [9.17, 15) is 8.78 Å². The van der Waals surface area contributed by atoms with Crippen molar-refractivity contribution in [1.82, 2.24) is 4.98 Å². The number of aromatic nitrogens is 1. The minimum Gasteiger partial charge on any atom is -0.228 e. The number of rotatable bonds is 1. The van der Waals surface area contributed by atoms with E-state index in [-0.39, 0.29) is 15.3 Å². The van der Waals surface area contributed by atoms with E-state index in [4.69, 9.17) is 16.9 Å². The molecule has 0 fully saturated rings. The van der Waals surface area contributed by atoms with Gasteiger partial charge < -0.3 is 0 Å². The highest BCUT2D eigenvalue weighted by molar-refractivity contribution is 9.10. The van der Waals surface area contributed by atoms with Gasteiger partial charge in [-0.15, -0.1) is 0 Å². The fraction of sp³-hybridized carbons (Fsp3) is 0.143. The number of alkyl halides is 2. The predicted molar refractivity (Wildman–Crippen MR) is 46.6 cm³/mol. The molecule has 0 radical (unpaired) electrons. The molecule has 1 aromatic rings. The van der Waals surface area contributed by atoms with Gasteiger partial charge in [-0.05, 0) is 22.0 Å². The third-order valence-corrected chi connectivity index (χ3v) is 2.42. The van der Waals surface area contributed by atoms with Crippen molar-refractivity contribution in [2.45, 2.75) is 6.43 Å². The van der Waals surface area contributed by atoms with Crippen LogP contribution >= 0.6 is 27.5 Å². The summed E-state index contributed by atoms with van der Waals surface area (Å²) >= 11 is 8.47. The number of halogens is 4. The zero-order valence-electron chi connectivity index (χ0n) is 6.06. The molecule has 0 saturated heterocycles. The first-order valence-electron chi connectivity index (χ1n) is 3.10. The molecular formula is C7H2BrClF2N2. The van der Waals surface area contributed by atoms with E-state index < -0.39 is 12.0 Å². The molecule has 1 heterocycles.